The molecule has 1 heterocycles. The van der Waals surface area contributed by atoms with E-state index in [1.807, 2.05) is 22.6 Å². The number of carbonyl (C=O) groups excluding carboxylic acids is 1. The normalized spacial score (nSPS) is 12.0. The van der Waals surface area contributed by atoms with Crippen LogP contribution in [-0.4, -0.2) is 15.7 Å². The van der Waals surface area contributed by atoms with Crippen molar-refractivity contribution in [1.82, 2.24) is 9.78 Å². The minimum Gasteiger partial charge on any atom is -0.322 e. The molecule has 24 heavy (non-hydrogen) atoms. The van der Waals surface area contributed by atoms with Gasteiger partial charge in [0.05, 0.1) is 16.9 Å². The first kappa shape index (κ1) is 18.8. The summed E-state index contributed by atoms with van der Waals surface area (Å²) in [7, 11) is 1.66. The highest BCUT2D eigenvalue weighted by atomic mass is 127. The molecule has 0 aliphatic heterocycles. The van der Waals surface area contributed by atoms with Gasteiger partial charge in [0, 0.05) is 22.3 Å². The molecule has 9 heteroatoms. The Morgan fingerprint density at radius 3 is 2.62 bits per heavy atom. The second-order valence-corrected chi connectivity index (χ2v) is 6.45. The Morgan fingerprint density at radius 2 is 2.08 bits per heavy atom. The molecule has 2 rings (SSSR count). The molecule has 1 aromatic carbocycles. The van der Waals surface area contributed by atoms with E-state index in [-0.39, 0.29) is 5.69 Å². The number of aromatic nitrogens is 2. The van der Waals surface area contributed by atoms with Crippen molar-refractivity contribution < 1.29 is 18.0 Å². The Balaban J connectivity index is 2.19. The third kappa shape index (κ3) is 4.29. The van der Waals surface area contributed by atoms with Gasteiger partial charge in [-0.05, 0) is 53.8 Å². The topological polar surface area (TPSA) is 46.9 Å². The highest BCUT2D eigenvalue weighted by Crippen LogP contribution is 2.32. The average molecular weight is 470 g/mol. The van der Waals surface area contributed by atoms with Gasteiger partial charge in [-0.2, -0.15) is 18.3 Å². The summed E-state index contributed by atoms with van der Waals surface area (Å²) in [5.74, 6) is -0.563. The molecule has 0 atom stereocenters. The number of benzene rings is 1. The smallest absolute Gasteiger partial charge is 0.322 e. The van der Waals surface area contributed by atoms with Crippen molar-refractivity contribution in [2.75, 3.05) is 5.32 Å². The molecular formula is C15H12ClF3IN3O. The maximum absolute atomic E-state index is 12.7. The van der Waals surface area contributed by atoms with Crippen LogP contribution in [0.2, 0.25) is 5.15 Å². The first-order chi connectivity index (χ1) is 11.1. The summed E-state index contributed by atoms with van der Waals surface area (Å²) < 4.78 is 40.2. The maximum Gasteiger partial charge on any atom is 0.416 e. The van der Waals surface area contributed by atoms with E-state index in [1.165, 1.54) is 22.9 Å². The number of amides is 1. The Kier molecular flexibility index (Phi) is 5.59. The number of aryl methyl sites for hydroxylation is 2. The van der Waals surface area contributed by atoms with Gasteiger partial charge in [0.25, 0.3) is 0 Å². The van der Waals surface area contributed by atoms with Crippen LogP contribution >= 0.6 is 34.2 Å². The molecule has 0 radical (unpaired) electrons. The largest absolute Gasteiger partial charge is 0.416 e. The van der Waals surface area contributed by atoms with Crippen molar-refractivity contribution in [2.24, 2.45) is 7.05 Å². The van der Waals surface area contributed by atoms with Crippen LogP contribution in [0.15, 0.2) is 24.3 Å². The third-order valence-electron chi connectivity index (χ3n) is 3.15. The van der Waals surface area contributed by atoms with Gasteiger partial charge < -0.3 is 5.32 Å². The van der Waals surface area contributed by atoms with Gasteiger partial charge in [-0.15, -0.1) is 0 Å². The van der Waals surface area contributed by atoms with Crippen LogP contribution in [0.3, 0.4) is 0 Å². The van der Waals surface area contributed by atoms with Crippen LogP contribution < -0.4 is 5.32 Å². The van der Waals surface area contributed by atoms with E-state index in [0.717, 1.165) is 12.1 Å². The molecule has 1 amide bonds. The number of hydrogen-bond acceptors (Lipinski definition) is 2. The lowest BCUT2D eigenvalue weighted by Crippen LogP contribution is -2.11. The van der Waals surface area contributed by atoms with Gasteiger partial charge in [0.15, 0.2) is 0 Å². The third-order valence-corrected chi connectivity index (χ3v) is 4.54. The fraction of sp³-hybridized carbons (Fsp3) is 0.200. The van der Waals surface area contributed by atoms with E-state index < -0.39 is 17.6 Å². The SMILES string of the molecule is Cc1nn(C)c(Cl)c1/C=C/C(=O)Nc1cc(C(F)(F)F)ccc1I. The van der Waals surface area contributed by atoms with Crippen LogP contribution in [0, 0.1) is 10.5 Å². The highest BCUT2D eigenvalue weighted by Gasteiger charge is 2.31. The van der Waals surface area contributed by atoms with Gasteiger partial charge in [-0.25, -0.2) is 0 Å². The number of nitrogens with zero attached hydrogens (tertiary/aromatic N) is 2. The Bertz CT molecular complexity index is 815. The number of nitrogens with one attached hydrogen (secondary N) is 1. The number of hydrogen-bond donors (Lipinski definition) is 1. The van der Waals surface area contributed by atoms with E-state index >= 15 is 0 Å². The summed E-state index contributed by atoms with van der Waals surface area (Å²) in [4.78, 5) is 12.0. The van der Waals surface area contributed by atoms with Crippen molar-refractivity contribution in [3.8, 4) is 0 Å². The van der Waals surface area contributed by atoms with Crippen molar-refractivity contribution in [3.05, 3.63) is 49.8 Å². The van der Waals surface area contributed by atoms with Crippen LogP contribution in [0.4, 0.5) is 18.9 Å². The van der Waals surface area contributed by atoms with Crippen LogP contribution in [-0.2, 0) is 18.0 Å². The van der Waals surface area contributed by atoms with Crippen molar-refractivity contribution in [3.63, 3.8) is 0 Å². The molecule has 1 N–H and O–H groups in total. The Morgan fingerprint density at radius 1 is 1.42 bits per heavy atom. The second kappa shape index (κ2) is 7.14. The number of anilines is 1. The van der Waals surface area contributed by atoms with Gasteiger partial charge in [0.1, 0.15) is 5.15 Å². The first-order valence-electron chi connectivity index (χ1n) is 6.64. The van der Waals surface area contributed by atoms with Gasteiger partial charge in [-0.1, -0.05) is 11.6 Å². The van der Waals surface area contributed by atoms with Crippen molar-refractivity contribution in [2.45, 2.75) is 13.1 Å². The van der Waals surface area contributed by atoms with Crippen molar-refractivity contribution in [1.29, 1.82) is 0 Å². The summed E-state index contributed by atoms with van der Waals surface area (Å²) in [5, 5.41) is 6.90. The molecule has 128 valence electrons. The summed E-state index contributed by atoms with van der Waals surface area (Å²) in [5.41, 5.74) is 0.482. The molecule has 0 fully saturated rings. The van der Waals surface area contributed by atoms with Crippen molar-refractivity contribution >= 4 is 51.9 Å². The van der Waals surface area contributed by atoms with E-state index in [0.29, 0.717) is 20.0 Å². The maximum atomic E-state index is 12.7. The molecule has 0 saturated carbocycles. The van der Waals surface area contributed by atoms with E-state index in [2.05, 4.69) is 10.4 Å². The fourth-order valence-electron chi connectivity index (χ4n) is 1.97. The molecule has 0 spiro atoms. The molecule has 0 aliphatic rings. The Labute approximate surface area is 154 Å². The zero-order valence-electron chi connectivity index (χ0n) is 12.6. The lowest BCUT2D eigenvalue weighted by molar-refractivity contribution is -0.137. The molecule has 0 saturated heterocycles. The van der Waals surface area contributed by atoms with E-state index in [9.17, 15) is 18.0 Å². The highest BCUT2D eigenvalue weighted by molar-refractivity contribution is 14.1. The molecule has 0 aliphatic carbocycles. The summed E-state index contributed by atoms with van der Waals surface area (Å²) >= 11 is 7.90. The van der Waals surface area contributed by atoms with Gasteiger partial charge in [-0.3, -0.25) is 9.48 Å². The predicted octanol–water partition coefficient (Wildman–Crippen LogP) is 4.66. The summed E-state index contributed by atoms with van der Waals surface area (Å²) in [6, 6.07) is 3.16. The molecule has 1 aromatic heterocycles. The Hall–Kier alpha value is -1.55. The molecule has 0 unspecified atom stereocenters. The van der Waals surface area contributed by atoms with Crippen LogP contribution in [0.25, 0.3) is 6.08 Å². The molecule has 0 bridgehead atoms. The predicted molar refractivity (Wildman–Crippen MR) is 94.8 cm³/mol. The summed E-state index contributed by atoms with van der Waals surface area (Å²) in [6.45, 7) is 1.74. The first-order valence-corrected chi connectivity index (χ1v) is 8.10. The number of rotatable bonds is 3. The quantitative estimate of drug-likeness (QED) is 0.525. The lowest BCUT2D eigenvalue weighted by Gasteiger charge is -2.10. The second-order valence-electron chi connectivity index (χ2n) is 4.93. The van der Waals surface area contributed by atoms with E-state index in [4.69, 9.17) is 11.6 Å². The summed E-state index contributed by atoms with van der Waals surface area (Å²) in [6.07, 6.45) is -1.80. The van der Waals surface area contributed by atoms with Gasteiger partial charge >= 0.3 is 6.18 Å². The number of carbonyl (C=O) groups is 1. The van der Waals surface area contributed by atoms with Gasteiger partial charge in [0.2, 0.25) is 5.91 Å². The molecular weight excluding hydrogens is 458 g/mol. The fourth-order valence-corrected chi connectivity index (χ4v) is 2.67. The lowest BCUT2D eigenvalue weighted by atomic mass is 10.2. The zero-order valence-corrected chi connectivity index (χ0v) is 15.5. The van der Waals surface area contributed by atoms with Crippen LogP contribution in [0.5, 0.6) is 0 Å². The monoisotopic (exact) mass is 469 g/mol. The van der Waals surface area contributed by atoms with E-state index in [1.54, 1.807) is 14.0 Å². The minimum absolute atomic E-state index is 0.0917. The number of halogens is 5. The minimum atomic E-state index is -4.47. The van der Waals surface area contributed by atoms with Crippen LogP contribution in [0.1, 0.15) is 16.8 Å². The molecule has 4 nitrogen and oxygen atoms in total. The molecule has 2 aromatic rings. The number of alkyl halides is 3. The zero-order chi connectivity index (χ0) is 18.1. The average Bonchev–Trinajstić information content (AvgIpc) is 2.71. The standard InChI is InChI=1S/C15H12ClF3IN3O/c1-8-10(14(16)23(2)22-8)4-6-13(24)21-12-7-9(15(17,18)19)3-5-11(12)20/h3-7H,1-2H3,(H,21,24)/b6-4+.